The van der Waals surface area contributed by atoms with Gasteiger partial charge in [-0.3, -0.25) is 4.98 Å². The summed E-state index contributed by atoms with van der Waals surface area (Å²) in [6.07, 6.45) is 0.454. The van der Waals surface area contributed by atoms with Crippen molar-refractivity contribution >= 4 is 11.6 Å². The van der Waals surface area contributed by atoms with Crippen LogP contribution in [0.3, 0.4) is 0 Å². The van der Waals surface area contributed by atoms with Crippen LogP contribution in [0.4, 0.5) is 8.78 Å². The Kier molecular flexibility index (Phi) is 2.64. The molecule has 2 aromatic heterocycles. The SMILES string of the molecule is FC(F)c1cc(Cl)n(-c2ccncc2)n1. The largest absolute Gasteiger partial charge is 0.282 e. The standard InChI is InChI=1S/C9H6ClF2N3/c10-8-5-7(9(11)12)14-15(8)6-1-3-13-4-2-6/h1-5,9H. The number of halogens is 3. The maximum Gasteiger partial charge on any atom is 0.282 e. The number of aromatic nitrogens is 3. The van der Waals surface area contributed by atoms with Crippen LogP contribution < -0.4 is 0 Å². The van der Waals surface area contributed by atoms with E-state index in [-0.39, 0.29) is 10.8 Å². The fraction of sp³-hybridized carbons (Fsp3) is 0.111. The molecule has 0 radical (unpaired) electrons. The summed E-state index contributed by atoms with van der Waals surface area (Å²) in [5.41, 5.74) is 0.263. The number of hydrogen-bond acceptors (Lipinski definition) is 2. The minimum atomic E-state index is -2.62. The van der Waals surface area contributed by atoms with Crippen LogP contribution in [-0.2, 0) is 0 Å². The van der Waals surface area contributed by atoms with Crippen molar-refractivity contribution in [1.82, 2.24) is 14.8 Å². The highest BCUT2D eigenvalue weighted by atomic mass is 35.5. The molecule has 0 N–H and O–H groups in total. The first-order chi connectivity index (χ1) is 7.18. The number of alkyl halides is 2. The summed E-state index contributed by atoms with van der Waals surface area (Å²) in [4.78, 5) is 3.81. The average molecular weight is 230 g/mol. The van der Waals surface area contributed by atoms with Crippen molar-refractivity contribution in [2.45, 2.75) is 6.43 Å². The first-order valence-corrected chi connectivity index (χ1v) is 4.50. The molecule has 0 saturated carbocycles. The predicted octanol–water partition coefficient (Wildman–Crippen LogP) is 2.86. The summed E-state index contributed by atoms with van der Waals surface area (Å²) in [6, 6.07) is 4.41. The lowest BCUT2D eigenvalue weighted by molar-refractivity contribution is 0.145. The van der Waals surface area contributed by atoms with Crippen molar-refractivity contribution in [2.75, 3.05) is 0 Å². The minimum absolute atomic E-state index is 0.150. The molecular weight excluding hydrogens is 224 g/mol. The average Bonchev–Trinajstić information content (AvgIpc) is 2.62. The molecule has 6 heteroatoms. The second-order valence-corrected chi connectivity index (χ2v) is 3.20. The Bertz CT molecular complexity index is 456. The Morgan fingerprint density at radius 1 is 1.27 bits per heavy atom. The van der Waals surface area contributed by atoms with Crippen LogP contribution in [0.15, 0.2) is 30.6 Å². The molecule has 0 spiro atoms. The van der Waals surface area contributed by atoms with Gasteiger partial charge in [0, 0.05) is 18.5 Å². The molecule has 0 bridgehead atoms. The monoisotopic (exact) mass is 229 g/mol. The molecule has 3 nitrogen and oxygen atoms in total. The minimum Gasteiger partial charge on any atom is -0.265 e. The molecule has 2 rings (SSSR count). The molecule has 0 aliphatic heterocycles. The summed E-state index contributed by atoms with van der Waals surface area (Å²) < 4.78 is 25.9. The summed E-state index contributed by atoms with van der Waals surface area (Å²) in [7, 11) is 0. The highest BCUT2D eigenvalue weighted by Gasteiger charge is 2.14. The van der Waals surface area contributed by atoms with E-state index < -0.39 is 6.43 Å². The second kappa shape index (κ2) is 3.94. The Morgan fingerprint density at radius 3 is 2.47 bits per heavy atom. The Morgan fingerprint density at radius 2 is 1.93 bits per heavy atom. The predicted molar refractivity (Wildman–Crippen MR) is 51.3 cm³/mol. The maximum absolute atomic E-state index is 12.3. The molecule has 78 valence electrons. The van der Waals surface area contributed by atoms with E-state index >= 15 is 0 Å². The van der Waals surface area contributed by atoms with E-state index in [1.807, 2.05) is 0 Å². The highest BCUT2D eigenvalue weighted by molar-refractivity contribution is 6.29. The molecule has 0 fully saturated rings. The molecule has 15 heavy (non-hydrogen) atoms. The molecule has 2 heterocycles. The van der Waals surface area contributed by atoms with E-state index in [9.17, 15) is 8.78 Å². The smallest absolute Gasteiger partial charge is 0.265 e. The molecular formula is C9H6ClF2N3. The van der Waals surface area contributed by atoms with Crippen LogP contribution in [0, 0.1) is 0 Å². The Hall–Kier alpha value is -1.49. The third-order valence-corrected chi connectivity index (χ3v) is 2.08. The van der Waals surface area contributed by atoms with Crippen molar-refractivity contribution in [3.63, 3.8) is 0 Å². The lowest BCUT2D eigenvalue weighted by atomic mass is 10.4. The van der Waals surface area contributed by atoms with Crippen molar-refractivity contribution < 1.29 is 8.78 Å². The van der Waals surface area contributed by atoms with Gasteiger partial charge in [-0.15, -0.1) is 0 Å². The van der Waals surface area contributed by atoms with Gasteiger partial charge in [-0.05, 0) is 12.1 Å². The van der Waals surface area contributed by atoms with Crippen LogP contribution in [0.5, 0.6) is 0 Å². The van der Waals surface area contributed by atoms with E-state index in [0.29, 0.717) is 5.69 Å². The van der Waals surface area contributed by atoms with Crippen LogP contribution in [0.25, 0.3) is 5.69 Å². The lowest BCUT2D eigenvalue weighted by Crippen LogP contribution is -1.97. The van der Waals surface area contributed by atoms with Gasteiger partial charge in [0.25, 0.3) is 6.43 Å². The fourth-order valence-corrected chi connectivity index (χ4v) is 1.40. The molecule has 0 saturated heterocycles. The molecule has 0 aliphatic rings. The van der Waals surface area contributed by atoms with Gasteiger partial charge < -0.3 is 0 Å². The quantitative estimate of drug-likeness (QED) is 0.793. The van der Waals surface area contributed by atoms with Crippen LogP contribution in [-0.4, -0.2) is 14.8 Å². The van der Waals surface area contributed by atoms with E-state index in [1.54, 1.807) is 12.1 Å². The fourth-order valence-electron chi connectivity index (χ4n) is 1.15. The third kappa shape index (κ3) is 1.97. The van der Waals surface area contributed by atoms with Crippen molar-refractivity contribution in [3.05, 3.63) is 41.4 Å². The van der Waals surface area contributed by atoms with Gasteiger partial charge in [0.2, 0.25) is 0 Å². The zero-order valence-electron chi connectivity index (χ0n) is 7.44. The molecule has 0 atom stereocenters. The van der Waals surface area contributed by atoms with Gasteiger partial charge in [-0.25, -0.2) is 13.5 Å². The van der Waals surface area contributed by atoms with Gasteiger partial charge in [0.05, 0.1) is 5.69 Å². The number of rotatable bonds is 2. The zero-order valence-corrected chi connectivity index (χ0v) is 8.20. The summed E-state index contributed by atoms with van der Waals surface area (Å²) in [5.74, 6) is 0. The van der Waals surface area contributed by atoms with Gasteiger partial charge in [0.15, 0.2) is 0 Å². The normalized spacial score (nSPS) is 10.9. The van der Waals surface area contributed by atoms with Gasteiger partial charge in [-0.2, -0.15) is 5.10 Å². The van der Waals surface area contributed by atoms with Crippen molar-refractivity contribution in [1.29, 1.82) is 0 Å². The highest BCUT2D eigenvalue weighted by Crippen LogP contribution is 2.23. The van der Waals surface area contributed by atoms with Crippen molar-refractivity contribution in [3.8, 4) is 5.69 Å². The topological polar surface area (TPSA) is 30.7 Å². The lowest BCUT2D eigenvalue weighted by Gasteiger charge is -2.00. The molecule has 0 aromatic carbocycles. The first-order valence-electron chi connectivity index (χ1n) is 4.12. The number of hydrogen-bond donors (Lipinski definition) is 0. The first kappa shape index (κ1) is 10.0. The van der Waals surface area contributed by atoms with Crippen LogP contribution in [0.1, 0.15) is 12.1 Å². The molecule has 0 aliphatic carbocycles. The molecule has 0 unspecified atom stereocenters. The van der Waals surface area contributed by atoms with E-state index in [4.69, 9.17) is 11.6 Å². The molecule has 2 aromatic rings. The zero-order chi connectivity index (χ0) is 10.8. The van der Waals surface area contributed by atoms with Gasteiger partial charge >= 0.3 is 0 Å². The van der Waals surface area contributed by atoms with Gasteiger partial charge in [0.1, 0.15) is 10.8 Å². The number of nitrogens with zero attached hydrogens (tertiary/aromatic N) is 3. The Labute approximate surface area is 89.3 Å². The maximum atomic E-state index is 12.3. The number of pyridine rings is 1. The molecule has 0 amide bonds. The summed E-state index contributed by atoms with van der Waals surface area (Å²) in [5, 5.41) is 3.84. The summed E-state index contributed by atoms with van der Waals surface area (Å²) >= 11 is 5.77. The van der Waals surface area contributed by atoms with Crippen molar-refractivity contribution in [2.24, 2.45) is 0 Å². The van der Waals surface area contributed by atoms with E-state index in [2.05, 4.69) is 10.1 Å². The van der Waals surface area contributed by atoms with Crippen LogP contribution in [0.2, 0.25) is 5.15 Å². The third-order valence-electron chi connectivity index (χ3n) is 1.82. The van der Waals surface area contributed by atoms with E-state index in [1.165, 1.54) is 17.1 Å². The second-order valence-electron chi connectivity index (χ2n) is 2.81. The van der Waals surface area contributed by atoms with Crippen LogP contribution >= 0.6 is 11.6 Å². The Balaban J connectivity index is 2.45. The van der Waals surface area contributed by atoms with E-state index in [0.717, 1.165) is 6.07 Å². The summed E-state index contributed by atoms with van der Waals surface area (Å²) in [6.45, 7) is 0. The van der Waals surface area contributed by atoms with Gasteiger partial charge in [-0.1, -0.05) is 11.6 Å².